The van der Waals surface area contributed by atoms with Crippen molar-refractivity contribution in [2.75, 3.05) is 34.9 Å². The highest BCUT2D eigenvalue weighted by molar-refractivity contribution is 5.83. The van der Waals surface area contributed by atoms with E-state index in [1.807, 2.05) is 49.3 Å². The van der Waals surface area contributed by atoms with Gasteiger partial charge in [0, 0.05) is 40.4 Å². The van der Waals surface area contributed by atoms with Crippen molar-refractivity contribution in [3.63, 3.8) is 0 Å². The highest BCUT2D eigenvalue weighted by atomic mass is 19.1. The van der Waals surface area contributed by atoms with E-state index in [4.69, 9.17) is 18.9 Å². The van der Waals surface area contributed by atoms with Crippen LogP contribution < -0.4 is 9.47 Å². The Bertz CT molecular complexity index is 1730. The van der Waals surface area contributed by atoms with Gasteiger partial charge in [-0.2, -0.15) is 14.6 Å². The first-order valence-corrected chi connectivity index (χ1v) is 12.7. The number of nitriles is 1. The zero-order valence-corrected chi connectivity index (χ0v) is 22.7. The summed E-state index contributed by atoms with van der Waals surface area (Å²) >= 11 is 0. The van der Waals surface area contributed by atoms with Crippen LogP contribution in [0.15, 0.2) is 71.3 Å². The lowest BCUT2D eigenvalue weighted by molar-refractivity contribution is 0.00427. The molecule has 3 heterocycles. The van der Waals surface area contributed by atoms with Crippen molar-refractivity contribution in [1.82, 2.24) is 14.9 Å². The first-order valence-electron chi connectivity index (χ1n) is 12.7. The van der Waals surface area contributed by atoms with Crippen molar-refractivity contribution in [1.29, 1.82) is 5.26 Å². The zero-order valence-electron chi connectivity index (χ0n) is 22.7. The molecule has 40 heavy (non-hydrogen) atoms. The minimum Gasteiger partial charge on any atom is -0.481 e. The summed E-state index contributed by atoms with van der Waals surface area (Å²) in [6.45, 7) is 0.497. The van der Waals surface area contributed by atoms with Gasteiger partial charge in [-0.05, 0) is 62.5 Å². The van der Waals surface area contributed by atoms with Crippen molar-refractivity contribution in [2.24, 2.45) is 0 Å². The van der Waals surface area contributed by atoms with Gasteiger partial charge in [0.15, 0.2) is 0 Å². The molecule has 2 atom stereocenters. The number of furan rings is 1. The van der Waals surface area contributed by atoms with Gasteiger partial charge in [-0.1, -0.05) is 18.2 Å². The van der Waals surface area contributed by atoms with Gasteiger partial charge in [-0.25, -0.2) is 4.98 Å². The second-order valence-electron chi connectivity index (χ2n) is 9.93. The van der Waals surface area contributed by atoms with Gasteiger partial charge in [0.25, 0.3) is 0 Å². The van der Waals surface area contributed by atoms with Crippen LogP contribution in [0.25, 0.3) is 21.9 Å². The number of para-hydroxylation sites is 1. The normalized spacial score (nSPS) is 13.8. The molecule has 0 aliphatic heterocycles. The molecule has 3 aromatic heterocycles. The maximum absolute atomic E-state index is 15.0. The highest BCUT2D eigenvalue weighted by Crippen LogP contribution is 2.49. The molecule has 0 fully saturated rings. The van der Waals surface area contributed by atoms with Crippen LogP contribution in [-0.4, -0.2) is 54.8 Å². The minimum atomic E-state index is -1.64. The Kier molecular flexibility index (Phi) is 7.39. The molecule has 0 saturated heterocycles. The molecule has 5 rings (SSSR count). The fourth-order valence-corrected chi connectivity index (χ4v) is 5.25. The Morgan fingerprint density at radius 2 is 1.88 bits per heavy atom. The van der Waals surface area contributed by atoms with E-state index < -0.39 is 17.5 Å². The smallest absolute Gasteiger partial charge is 0.217 e. The molecule has 0 amide bonds. The third kappa shape index (κ3) is 4.95. The van der Waals surface area contributed by atoms with Crippen LogP contribution in [-0.2, 0) is 5.60 Å². The molecular weight excluding hydrogens is 511 g/mol. The molecule has 2 unspecified atom stereocenters. The molecule has 0 radical (unpaired) electrons. The lowest BCUT2D eigenvalue weighted by Crippen LogP contribution is -2.38. The van der Waals surface area contributed by atoms with E-state index in [0.29, 0.717) is 45.3 Å². The number of rotatable bonds is 9. The van der Waals surface area contributed by atoms with Gasteiger partial charge in [0.1, 0.15) is 11.2 Å². The van der Waals surface area contributed by atoms with Crippen LogP contribution in [0.5, 0.6) is 11.8 Å². The molecule has 0 spiro atoms. The number of ether oxygens (including phenoxy) is 2. The minimum absolute atomic E-state index is 0.0608. The fraction of sp³-hybridized carbons (Fsp3) is 0.258. The Balaban J connectivity index is 1.88. The van der Waals surface area contributed by atoms with Crippen molar-refractivity contribution in [3.8, 4) is 17.8 Å². The predicted octanol–water partition coefficient (Wildman–Crippen LogP) is 5.38. The van der Waals surface area contributed by atoms with E-state index in [0.717, 1.165) is 5.39 Å². The van der Waals surface area contributed by atoms with E-state index in [-0.39, 0.29) is 18.2 Å². The standard InChI is InChI=1S/C31H29FN4O4/c1-36(2)12-11-31(37,24-7-5-6-20-10-13-40-29(20)24)28(22-16-26(32)35-27(17-22)38-3)23-15-21-14-19(18-33)8-9-25(21)34-30(23)39-4/h5-10,13-17,28,37H,11-12H2,1-4H3. The van der Waals surface area contributed by atoms with Crippen LogP contribution in [0.2, 0.25) is 0 Å². The molecule has 0 aliphatic carbocycles. The second-order valence-corrected chi connectivity index (χ2v) is 9.93. The monoisotopic (exact) mass is 540 g/mol. The highest BCUT2D eigenvalue weighted by Gasteiger charge is 2.44. The summed E-state index contributed by atoms with van der Waals surface area (Å²) in [5.74, 6) is -1.35. The Labute approximate surface area is 231 Å². The summed E-state index contributed by atoms with van der Waals surface area (Å²) in [6, 6.07) is 19.4. The van der Waals surface area contributed by atoms with Gasteiger partial charge >= 0.3 is 0 Å². The zero-order chi connectivity index (χ0) is 28.4. The molecule has 0 aliphatic rings. The van der Waals surface area contributed by atoms with Crippen LogP contribution in [0.4, 0.5) is 4.39 Å². The van der Waals surface area contributed by atoms with E-state index in [1.165, 1.54) is 20.3 Å². The molecule has 9 heteroatoms. The molecule has 204 valence electrons. The summed E-state index contributed by atoms with van der Waals surface area (Å²) in [7, 11) is 6.74. The number of halogens is 1. The summed E-state index contributed by atoms with van der Waals surface area (Å²) in [4.78, 5) is 10.5. The first kappa shape index (κ1) is 27.1. The summed E-state index contributed by atoms with van der Waals surface area (Å²) in [6.07, 6.45) is 1.82. The fourth-order valence-electron chi connectivity index (χ4n) is 5.25. The Morgan fingerprint density at radius 1 is 1.05 bits per heavy atom. The number of methoxy groups -OCH3 is 2. The van der Waals surface area contributed by atoms with Crippen LogP contribution >= 0.6 is 0 Å². The van der Waals surface area contributed by atoms with Gasteiger partial charge in [0.2, 0.25) is 17.7 Å². The quantitative estimate of drug-likeness (QED) is 0.249. The maximum Gasteiger partial charge on any atom is 0.217 e. The number of hydrogen-bond acceptors (Lipinski definition) is 8. The first-order chi connectivity index (χ1) is 19.3. The molecule has 8 nitrogen and oxygen atoms in total. The van der Waals surface area contributed by atoms with Crippen LogP contribution in [0, 0.1) is 17.3 Å². The van der Waals surface area contributed by atoms with E-state index >= 15 is 0 Å². The number of fused-ring (bicyclic) bond motifs is 2. The predicted molar refractivity (Wildman–Crippen MR) is 149 cm³/mol. The number of pyridine rings is 2. The van der Waals surface area contributed by atoms with Crippen LogP contribution in [0.3, 0.4) is 0 Å². The van der Waals surface area contributed by atoms with Crippen molar-refractivity contribution < 1.29 is 23.4 Å². The van der Waals surface area contributed by atoms with Crippen molar-refractivity contribution >= 4 is 21.9 Å². The average molecular weight is 541 g/mol. The van der Waals surface area contributed by atoms with Gasteiger partial charge in [-0.15, -0.1) is 0 Å². The topological polar surface area (TPSA) is 105 Å². The largest absolute Gasteiger partial charge is 0.481 e. The van der Waals surface area contributed by atoms with E-state index in [1.54, 1.807) is 30.5 Å². The average Bonchev–Trinajstić information content (AvgIpc) is 3.44. The van der Waals surface area contributed by atoms with Gasteiger partial charge in [0.05, 0.1) is 37.6 Å². The summed E-state index contributed by atoms with van der Waals surface area (Å²) < 4.78 is 31.9. The third-order valence-corrected chi connectivity index (χ3v) is 7.14. The lowest BCUT2D eigenvalue weighted by atomic mass is 9.71. The maximum atomic E-state index is 15.0. The van der Waals surface area contributed by atoms with Crippen molar-refractivity contribution in [2.45, 2.75) is 17.9 Å². The van der Waals surface area contributed by atoms with Gasteiger partial charge < -0.3 is 23.9 Å². The second kappa shape index (κ2) is 10.9. The molecular formula is C31H29FN4O4. The number of aliphatic hydroxyl groups is 1. The molecule has 0 saturated carbocycles. The Morgan fingerprint density at radius 3 is 2.60 bits per heavy atom. The Hall–Kier alpha value is -4.52. The molecule has 0 bridgehead atoms. The summed E-state index contributed by atoms with van der Waals surface area (Å²) in [5, 5.41) is 24.0. The SMILES string of the molecule is COc1cc(C(c2cc3cc(C#N)ccc3nc2OC)C(O)(CCN(C)C)c2cccc3ccoc23)cc(F)n1. The van der Waals surface area contributed by atoms with E-state index in [9.17, 15) is 14.8 Å². The number of benzene rings is 2. The molecule has 2 aromatic carbocycles. The van der Waals surface area contributed by atoms with E-state index in [2.05, 4.69) is 11.1 Å². The van der Waals surface area contributed by atoms with Gasteiger partial charge in [-0.3, -0.25) is 0 Å². The van der Waals surface area contributed by atoms with Crippen molar-refractivity contribution in [3.05, 3.63) is 95.1 Å². The number of aromatic nitrogens is 2. The molecule has 1 N–H and O–H groups in total. The number of nitrogens with zero attached hydrogens (tertiary/aromatic N) is 4. The molecule has 5 aromatic rings. The third-order valence-electron chi connectivity index (χ3n) is 7.14. The lowest BCUT2D eigenvalue weighted by Gasteiger charge is -2.38. The summed E-state index contributed by atoms with van der Waals surface area (Å²) in [5.41, 5.74) is 1.40. The van der Waals surface area contributed by atoms with Crippen LogP contribution in [0.1, 0.15) is 34.6 Å². The number of hydrogen-bond donors (Lipinski definition) is 1.